The average molecular weight is 260 g/mol. The van der Waals surface area contributed by atoms with Crippen molar-refractivity contribution in [2.45, 2.75) is 45.6 Å². The summed E-state index contributed by atoms with van der Waals surface area (Å²) < 4.78 is 0. The van der Waals surface area contributed by atoms with E-state index in [4.69, 9.17) is 5.73 Å². The van der Waals surface area contributed by atoms with Crippen molar-refractivity contribution < 1.29 is 4.79 Å². The molecule has 1 amide bonds. The zero-order chi connectivity index (χ0) is 13.9. The van der Waals surface area contributed by atoms with Gasteiger partial charge in [-0.25, -0.2) is 0 Å². The first-order chi connectivity index (χ1) is 9.11. The lowest BCUT2D eigenvalue weighted by molar-refractivity contribution is -0.126. The molecule has 3 nitrogen and oxygen atoms in total. The van der Waals surface area contributed by atoms with Crippen LogP contribution >= 0.6 is 0 Å². The molecule has 1 atom stereocenters. The van der Waals surface area contributed by atoms with E-state index in [1.807, 2.05) is 0 Å². The summed E-state index contributed by atoms with van der Waals surface area (Å²) in [5.74, 6) is 0.705. The molecule has 1 aliphatic carbocycles. The maximum atomic E-state index is 12.0. The molecule has 0 spiro atoms. The number of amides is 1. The predicted molar refractivity (Wildman–Crippen MR) is 77.7 cm³/mol. The van der Waals surface area contributed by atoms with E-state index in [1.165, 1.54) is 5.56 Å². The molecule has 3 heteroatoms. The van der Waals surface area contributed by atoms with Gasteiger partial charge in [0.2, 0.25) is 5.91 Å². The highest BCUT2D eigenvalue weighted by atomic mass is 16.2. The highest BCUT2D eigenvalue weighted by Crippen LogP contribution is 2.44. The van der Waals surface area contributed by atoms with Crippen molar-refractivity contribution >= 4 is 5.91 Å². The Morgan fingerprint density at radius 1 is 1.37 bits per heavy atom. The molecule has 1 saturated carbocycles. The molecule has 0 saturated heterocycles. The van der Waals surface area contributed by atoms with Crippen LogP contribution in [0.1, 0.15) is 50.2 Å². The first kappa shape index (κ1) is 14.1. The fraction of sp³-hybridized carbons (Fsp3) is 0.562. The largest absolute Gasteiger partial charge is 0.352 e. The minimum absolute atomic E-state index is 0.112. The zero-order valence-electron chi connectivity index (χ0n) is 11.9. The second-order valence-electron chi connectivity index (χ2n) is 5.72. The van der Waals surface area contributed by atoms with Crippen molar-refractivity contribution in [2.24, 2.45) is 11.1 Å². The number of nitrogens with two attached hydrogens (primary N) is 1. The third-order valence-electron chi connectivity index (χ3n) is 4.34. The van der Waals surface area contributed by atoms with Crippen LogP contribution in [-0.4, -0.2) is 12.5 Å². The van der Waals surface area contributed by atoms with E-state index in [0.29, 0.717) is 19.0 Å². The molecule has 2 rings (SSSR count). The van der Waals surface area contributed by atoms with E-state index in [9.17, 15) is 4.79 Å². The summed E-state index contributed by atoms with van der Waals surface area (Å²) in [6.07, 6.45) is 3.01. The van der Waals surface area contributed by atoms with Gasteiger partial charge in [-0.05, 0) is 36.3 Å². The van der Waals surface area contributed by atoms with E-state index in [0.717, 1.165) is 24.8 Å². The topological polar surface area (TPSA) is 55.1 Å². The summed E-state index contributed by atoms with van der Waals surface area (Å²) >= 11 is 0. The van der Waals surface area contributed by atoms with Crippen LogP contribution in [0.4, 0.5) is 0 Å². The van der Waals surface area contributed by atoms with Gasteiger partial charge in [-0.1, -0.05) is 38.1 Å². The molecule has 0 aromatic heterocycles. The van der Waals surface area contributed by atoms with Crippen LogP contribution in [0, 0.1) is 5.41 Å². The lowest BCUT2D eigenvalue weighted by Crippen LogP contribution is -2.36. The quantitative estimate of drug-likeness (QED) is 0.826. The summed E-state index contributed by atoms with van der Waals surface area (Å²) in [5.41, 5.74) is 7.90. The van der Waals surface area contributed by atoms with Crippen LogP contribution in [0.3, 0.4) is 0 Å². The smallest absolute Gasteiger partial charge is 0.227 e. The summed E-state index contributed by atoms with van der Waals surface area (Å²) in [4.78, 5) is 12.0. The Balaban J connectivity index is 1.88. The van der Waals surface area contributed by atoms with Gasteiger partial charge in [-0.3, -0.25) is 4.79 Å². The number of benzene rings is 1. The molecule has 0 heterocycles. The van der Waals surface area contributed by atoms with Gasteiger partial charge in [0.1, 0.15) is 0 Å². The Kier molecular flexibility index (Phi) is 4.25. The molecule has 0 radical (unpaired) electrons. The summed E-state index contributed by atoms with van der Waals surface area (Å²) in [6.45, 7) is 5.49. The minimum Gasteiger partial charge on any atom is -0.352 e. The van der Waals surface area contributed by atoms with Gasteiger partial charge in [0, 0.05) is 13.1 Å². The predicted octanol–water partition coefficient (Wildman–Crippen LogP) is 2.56. The fourth-order valence-electron chi connectivity index (χ4n) is 2.24. The van der Waals surface area contributed by atoms with Gasteiger partial charge in [0.05, 0.1) is 5.41 Å². The average Bonchev–Trinajstić information content (AvgIpc) is 3.25. The molecule has 1 unspecified atom stereocenters. The molecule has 1 aromatic rings. The molecular weight excluding hydrogens is 236 g/mol. The van der Waals surface area contributed by atoms with Gasteiger partial charge in [-0.2, -0.15) is 0 Å². The van der Waals surface area contributed by atoms with Crippen LogP contribution in [0.2, 0.25) is 0 Å². The van der Waals surface area contributed by atoms with Gasteiger partial charge in [0.25, 0.3) is 0 Å². The molecular formula is C16H24N2O. The second kappa shape index (κ2) is 5.74. The standard InChI is InChI=1S/C16H24N2O/c1-3-12(2)14-6-4-13(5-7-14)10-18-15(19)16(11-17)8-9-16/h4-7,12H,3,8-11,17H2,1-2H3,(H,18,19). The Morgan fingerprint density at radius 3 is 2.47 bits per heavy atom. The Labute approximate surface area is 115 Å². The number of hydrogen-bond donors (Lipinski definition) is 2. The Bertz CT molecular complexity index is 435. The molecule has 3 N–H and O–H groups in total. The van der Waals surface area contributed by atoms with Crippen molar-refractivity contribution in [2.75, 3.05) is 6.54 Å². The van der Waals surface area contributed by atoms with E-state index in [-0.39, 0.29) is 11.3 Å². The highest BCUT2D eigenvalue weighted by Gasteiger charge is 2.48. The summed E-state index contributed by atoms with van der Waals surface area (Å²) in [7, 11) is 0. The number of rotatable bonds is 6. The van der Waals surface area contributed by atoms with Crippen molar-refractivity contribution in [1.29, 1.82) is 0 Å². The fourth-order valence-corrected chi connectivity index (χ4v) is 2.24. The highest BCUT2D eigenvalue weighted by molar-refractivity contribution is 5.85. The summed E-state index contributed by atoms with van der Waals surface area (Å²) in [5, 5.41) is 3.00. The van der Waals surface area contributed by atoms with Crippen molar-refractivity contribution in [3.05, 3.63) is 35.4 Å². The molecule has 1 aromatic carbocycles. The third kappa shape index (κ3) is 3.16. The lowest BCUT2D eigenvalue weighted by Gasteiger charge is -2.13. The van der Waals surface area contributed by atoms with Crippen LogP contribution in [0.5, 0.6) is 0 Å². The van der Waals surface area contributed by atoms with Crippen molar-refractivity contribution in [3.63, 3.8) is 0 Å². The van der Waals surface area contributed by atoms with E-state index in [2.05, 4.69) is 43.4 Å². The van der Waals surface area contributed by atoms with E-state index < -0.39 is 0 Å². The number of carbonyl (C=O) groups is 1. The monoisotopic (exact) mass is 260 g/mol. The van der Waals surface area contributed by atoms with Crippen LogP contribution in [0.25, 0.3) is 0 Å². The second-order valence-corrected chi connectivity index (χ2v) is 5.72. The van der Waals surface area contributed by atoms with E-state index >= 15 is 0 Å². The van der Waals surface area contributed by atoms with Gasteiger partial charge in [-0.15, -0.1) is 0 Å². The molecule has 1 aliphatic rings. The number of carbonyl (C=O) groups excluding carboxylic acids is 1. The molecule has 19 heavy (non-hydrogen) atoms. The maximum Gasteiger partial charge on any atom is 0.227 e. The van der Waals surface area contributed by atoms with Crippen molar-refractivity contribution in [1.82, 2.24) is 5.32 Å². The van der Waals surface area contributed by atoms with Gasteiger partial charge < -0.3 is 11.1 Å². The zero-order valence-corrected chi connectivity index (χ0v) is 11.9. The normalized spacial score (nSPS) is 17.8. The Hall–Kier alpha value is -1.35. The van der Waals surface area contributed by atoms with Crippen molar-refractivity contribution in [3.8, 4) is 0 Å². The van der Waals surface area contributed by atoms with Gasteiger partial charge in [0.15, 0.2) is 0 Å². The van der Waals surface area contributed by atoms with Gasteiger partial charge >= 0.3 is 0 Å². The Morgan fingerprint density at radius 2 is 2.00 bits per heavy atom. The van der Waals surface area contributed by atoms with Crippen LogP contribution in [0.15, 0.2) is 24.3 Å². The summed E-state index contributed by atoms with van der Waals surface area (Å²) in [6, 6.07) is 8.52. The molecule has 1 fully saturated rings. The SMILES string of the molecule is CCC(C)c1ccc(CNC(=O)C2(CN)CC2)cc1. The van der Waals surface area contributed by atoms with E-state index in [1.54, 1.807) is 0 Å². The molecule has 0 aliphatic heterocycles. The van der Waals surface area contributed by atoms with Crippen LogP contribution < -0.4 is 11.1 Å². The minimum atomic E-state index is -0.253. The third-order valence-corrected chi connectivity index (χ3v) is 4.34. The number of nitrogens with one attached hydrogen (secondary N) is 1. The van der Waals surface area contributed by atoms with Crippen LogP contribution in [-0.2, 0) is 11.3 Å². The molecule has 0 bridgehead atoms. The number of hydrogen-bond acceptors (Lipinski definition) is 2. The molecule has 104 valence electrons. The first-order valence-electron chi connectivity index (χ1n) is 7.18. The lowest BCUT2D eigenvalue weighted by atomic mass is 9.97. The first-order valence-corrected chi connectivity index (χ1v) is 7.18. The maximum absolute atomic E-state index is 12.0.